The number of ether oxygens (including phenoxy) is 1. The maximum absolute atomic E-state index is 12.3. The van der Waals surface area contributed by atoms with Crippen LogP contribution in [0.5, 0.6) is 0 Å². The highest BCUT2D eigenvalue weighted by Crippen LogP contribution is 2.28. The summed E-state index contributed by atoms with van der Waals surface area (Å²) >= 11 is 12.1. The van der Waals surface area contributed by atoms with Gasteiger partial charge < -0.3 is 15.0 Å². The van der Waals surface area contributed by atoms with Gasteiger partial charge in [0.15, 0.2) is 0 Å². The highest BCUT2D eigenvalue weighted by Gasteiger charge is 2.18. The summed E-state index contributed by atoms with van der Waals surface area (Å²) in [5, 5.41) is 1.79. The summed E-state index contributed by atoms with van der Waals surface area (Å²) in [6.45, 7) is 2.54. The predicted octanol–water partition coefficient (Wildman–Crippen LogP) is 4.76. The van der Waals surface area contributed by atoms with Crippen molar-refractivity contribution in [1.82, 2.24) is 4.57 Å². The number of anilines is 1. The molecule has 4 nitrogen and oxygen atoms in total. The zero-order valence-corrected chi connectivity index (χ0v) is 14.6. The van der Waals surface area contributed by atoms with Crippen LogP contribution in [0, 0.1) is 0 Å². The lowest BCUT2D eigenvalue weighted by molar-refractivity contribution is 0.0515. The molecule has 0 unspecified atom stereocenters. The first kappa shape index (κ1) is 16.7. The molecule has 0 aliphatic heterocycles. The molecule has 124 valence electrons. The number of nitrogens with two attached hydrogens (primary N) is 1. The fourth-order valence-electron chi connectivity index (χ4n) is 2.67. The molecule has 0 aliphatic rings. The zero-order chi connectivity index (χ0) is 17.3. The molecule has 0 atom stereocenters. The lowest BCUT2D eigenvalue weighted by atomic mass is 10.2. The Bertz CT molecular complexity index is 919. The monoisotopic (exact) mass is 362 g/mol. The van der Waals surface area contributed by atoms with Crippen molar-refractivity contribution in [3.63, 3.8) is 0 Å². The van der Waals surface area contributed by atoms with Gasteiger partial charge in [-0.15, -0.1) is 0 Å². The molecule has 0 radical (unpaired) electrons. The highest BCUT2D eigenvalue weighted by atomic mass is 35.5. The van der Waals surface area contributed by atoms with Crippen molar-refractivity contribution in [2.75, 3.05) is 12.3 Å². The van der Waals surface area contributed by atoms with Gasteiger partial charge in [0, 0.05) is 17.6 Å². The number of benzene rings is 2. The number of halogens is 2. The summed E-state index contributed by atoms with van der Waals surface area (Å²) in [7, 11) is 0. The Hall–Kier alpha value is -2.17. The van der Waals surface area contributed by atoms with Crippen molar-refractivity contribution < 1.29 is 9.53 Å². The normalized spacial score (nSPS) is 11.0. The van der Waals surface area contributed by atoms with E-state index < -0.39 is 0 Å². The number of carbonyl (C=O) groups is 1. The number of nitrogens with zero attached hydrogens (tertiary/aromatic N) is 1. The summed E-state index contributed by atoms with van der Waals surface area (Å²) in [5.74, 6) is -0.381. The molecule has 24 heavy (non-hydrogen) atoms. The number of hydrogen-bond acceptors (Lipinski definition) is 3. The molecule has 0 spiro atoms. The van der Waals surface area contributed by atoms with Crippen molar-refractivity contribution in [3.8, 4) is 0 Å². The van der Waals surface area contributed by atoms with Crippen molar-refractivity contribution in [2.24, 2.45) is 0 Å². The molecule has 0 amide bonds. The molecule has 3 rings (SSSR count). The molecule has 1 aromatic heterocycles. The second-order valence-corrected chi connectivity index (χ2v) is 6.18. The van der Waals surface area contributed by atoms with Crippen molar-refractivity contribution in [2.45, 2.75) is 13.5 Å². The van der Waals surface area contributed by atoms with E-state index in [-0.39, 0.29) is 5.97 Å². The Balaban J connectivity index is 2.13. The Kier molecular flexibility index (Phi) is 4.69. The Labute approximate surface area is 149 Å². The van der Waals surface area contributed by atoms with Gasteiger partial charge in [0.05, 0.1) is 22.2 Å². The molecule has 2 N–H and O–H groups in total. The first-order valence-corrected chi connectivity index (χ1v) is 8.25. The largest absolute Gasteiger partial charge is 0.461 e. The fraction of sp³-hybridized carbons (Fsp3) is 0.167. The van der Waals surface area contributed by atoms with Gasteiger partial charge in [-0.05, 0) is 42.8 Å². The maximum Gasteiger partial charge on any atom is 0.354 e. The quantitative estimate of drug-likeness (QED) is 0.537. The fourth-order valence-corrected chi connectivity index (χ4v) is 2.99. The summed E-state index contributed by atoms with van der Waals surface area (Å²) in [6, 6.07) is 12.8. The van der Waals surface area contributed by atoms with Crippen molar-refractivity contribution >= 4 is 45.8 Å². The van der Waals surface area contributed by atoms with Crippen LogP contribution in [0.2, 0.25) is 10.0 Å². The van der Waals surface area contributed by atoms with Gasteiger partial charge >= 0.3 is 5.97 Å². The van der Waals surface area contributed by atoms with Crippen LogP contribution in [-0.2, 0) is 11.3 Å². The van der Waals surface area contributed by atoms with Gasteiger partial charge in [0.2, 0.25) is 0 Å². The van der Waals surface area contributed by atoms with E-state index in [4.69, 9.17) is 33.7 Å². The highest BCUT2D eigenvalue weighted by molar-refractivity contribution is 6.42. The van der Waals surface area contributed by atoms with Crippen LogP contribution in [0.3, 0.4) is 0 Å². The molecular weight excluding hydrogens is 347 g/mol. The molecule has 6 heteroatoms. The van der Waals surface area contributed by atoms with E-state index in [1.54, 1.807) is 31.2 Å². The van der Waals surface area contributed by atoms with Gasteiger partial charge in [-0.25, -0.2) is 4.79 Å². The van der Waals surface area contributed by atoms with Gasteiger partial charge in [-0.2, -0.15) is 0 Å². The molecule has 0 aliphatic carbocycles. The Morgan fingerprint density at radius 1 is 1.17 bits per heavy atom. The van der Waals surface area contributed by atoms with Gasteiger partial charge in [0.1, 0.15) is 5.69 Å². The summed E-state index contributed by atoms with van der Waals surface area (Å²) < 4.78 is 7.05. The number of esters is 1. The first-order valence-electron chi connectivity index (χ1n) is 7.50. The van der Waals surface area contributed by atoms with E-state index in [2.05, 4.69) is 0 Å². The predicted molar refractivity (Wildman–Crippen MR) is 97.9 cm³/mol. The van der Waals surface area contributed by atoms with Gasteiger partial charge in [0.25, 0.3) is 0 Å². The standard InChI is InChI=1S/C18H16Cl2N2O2/c1-2-24-18(23)17-9-12-15(21)4-3-5-16(12)22(17)10-11-6-7-13(19)14(20)8-11/h3-9H,2,10,21H2,1H3. The number of rotatable bonds is 4. The molecule has 1 heterocycles. The summed E-state index contributed by atoms with van der Waals surface area (Å²) in [4.78, 5) is 12.3. The Morgan fingerprint density at radius 2 is 1.96 bits per heavy atom. The zero-order valence-electron chi connectivity index (χ0n) is 13.1. The van der Waals surface area contributed by atoms with E-state index in [9.17, 15) is 4.79 Å². The molecular formula is C18H16Cl2N2O2. The minimum Gasteiger partial charge on any atom is -0.461 e. The van der Waals surface area contributed by atoms with Crippen molar-refractivity contribution in [1.29, 1.82) is 0 Å². The number of fused-ring (bicyclic) bond motifs is 1. The van der Waals surface area contributed by atoms with E-state index in [0.29, 0.717) is 34.6 Å². The lowest BCUT2D eigenvalue weighted by Crippen LogP contribution is -2.12. The van der Waals surface area contributed by atoms with Crippen LogP contribution in [0.15, 0.2) is 42.5 Å². The lowest BCUT2D eigenvalue weighted by Gasteiger charge is -2.11. The molecule has 2 aromatic carbocycles. The third-order valence-corrected chi connectivity index (χ3v) is 4.53. The number of carbonyl (C=O) groups excluding carboxylic acids is 1. The number of nitrogen functional groups attached to an aromatic ring is 1. The average molecular weight is 363 g/mol. The van der Waals surface area contributed by atoms with Crippen molar-refractivity contribution in [3.05, 3.63) is 63.8 Å². The molecule has 3 aromatic rings. The minimum atomic E-state index is -0.381. The third kappa shape index (κ3) is 3.07. The molecule has 0 saturated carbocycles. The van der Waals surface area contributed by atoms with Crippen LogP contribution < -0.4 is 5.73 Å². The number of hydrogen-bond donors (Lipinski definition) is 1. The summed E-state index contributed by atoms with van der Waals surface area (Å²) in [5.41, 5.74) is 8.91. The first-order chi connectivity index (χ1) is 11.5. The topological polar surface area (TPSA) is 57.2 Å². The second-order valence-electron chi connectivity index (χ2n) is 5.36. The van der Waals surface area contributed by atoms with E-state index in [1.165, 1.54) is 0 Å². The van der Waals surface area contributed by atoms with Crippen LogP contribution in [0.4, 0.5) is 5.69 Å². The van der Waals surface area contributed by atoms with Gasteiger partial charge in [-0.1, -0.05) is 35.3 Å². The average Bonchev–Trinajstić information content (AvgIpc) is 2.91. The molecule has 0 saturated heterocycles. The third-order valence-electron chi connectivity index (χ3n) is 3.79. The van der Waals surface area contributed by atoms with E-state index in [1.807, 2.05) is 22.8 Å². The SMILES string of the molecule is CCOC(=O)c1cc2c(N)cccc2n1Cc1ccc(Cl)c(Cl)c1. The smallest absolute Gasteiger partial charge is 0.354 e. The molecule has 0 bridgehead atoms. The summed E-state index contributed by atoms with van der Waals surface area (Å²) in [6.07, 6.45) is 0. The van der Waals surface area contributed by atoms with E-state index in [0.717, 1.165) is 16.5 Å². The maximum atomic E-state index is 12.3. The van der Waals surface area contributed by atoms with Crippen LogP contribution in [-0.4, -0.2) is 17.1 Å². The van der Waals surface area contributed by atoms with Crippen LogP contribution in [0.1, 0.15) is 23.0 Å². The van der Waals surface area contributed by atoms with Crippen LogP contribution in [0.25, 0.3) is 10.9 Å². The van der Waals surface area contributed by atoms with Gasteiger partial charge in [-0.3, -0.25) is 0 Å². The molecule has 0 fully saturated rings. The second kappa shape index (κ2) is 6.75. The van der Waals surface area contributed by atoms with E-state index >= 15 is 0 Å². The van der Waals surface area contributed by atoms with Crippen LogP contribution >= 0.6 is 23.2 Å². The minimum absolute atomic E-state index is 0.308. The Morgan fingerprint density at radius 3 is 2.67 bits per heavy atom. The number of aromatic nitrogens is 1.